The minimum absolute atomic E-state index is 0.0950. The third kappa shape index (κ3) is 2.48. The predicted octanol–water partition coefficient (Wildman–Crippen LogP) is 2.25. The highest BCUT2D eigenvalue weighted by Crippen LogP contribution is 2.34. The second-order valence-electron chi connectivity index (χ2n) is 5.22. The summed E-state index contributed by atoms with van der Waals surface area (Å²) in [5.41, 5.74) is 7.07. The summed E-state index contributed by atoms with van der Waals surface area (Å²) in [6.07, 6.45) is 1.54. The fourth-order valence-corrected chi connectivity index (χ4v) is 1.88. The largest absolute Gasteiger partial charge is 0.496 e. The van der Waals surface area contributed by atoms with Gasteiger partial charge in [-0.2, -0.15) is 0 Å². The Kier molecular flexibility index (Phi) is 3.30. The smallest absolute Gasteiger partial charge is 0.244 e. The number of carbonyl (C=O) groups excluding carboxylic acids is 1. The van der Waals surface area contributed by atoms with E-state index >= 15 is 0 Å². The maximum Gasteiger partial charge on any atom is 0.244 e. The Morgan fingerprint density at radius 1 is 1.44 bits per heavy atom. The van der Waals surface area contributed by atoms with E-state index in [2.05, 4.69) is 19.2 Å². The summed E-state index contributed by atoms with van der Waals surface area (Å²) in [4.78, 5) is 11.9. The van der Waals surface area contributed by atoms with E-state index in [4.69, 9.17) is 10.5 Å². The molecule has 1 amide bonds. The van der Waals surface area contributed by atoms with Crippen molar-refractivity contribution in [3.8, 4) is 5.75 Å². The molecule has 1 aliphatic rings. The number of carbonyl (C=O) groups is 1. The van der Waals surface area contributed by atoms with E-state index in [-0.39, 0.29) is 5.91 Å². The maximum absolute atomic E-state index is 11.9. The molecule has 0 saturated heterocycles. The van der Waals surface area contributed by atoms with Crippen molar-refractivity contribution in [1.29, 1.82) is 0 Å². The molecule has 0 atom stereocenters. The van der Waals surface area contributed by atoms with Crippen LogP contribution in [0.3, 0.4) is 0 Å². The summed E-state index contributed by atoms with van der Waals surface area (Å²) >= 11 is 0. The van der Waals surface area contributed by atoms with Crippen LogP contribution in [-0.2, 0) is 4.79 Å². The lowest BCUT2D eigenvalue weighted by atomic mass is 10.0. The normalized spacial score (nSPS) is 16.5. The van der Waals surface area contributed by atoms with Crippen molar-refractivity contribution in [2.24, 2.45) is 5.73 Å². The Balaban J connectivity index is 2.19. The number of nitrogens with one attached hydrogen (secondary N) is 1. The Morgan fingerprint density at radius 2 is 2.11 bits per heavy atom. The fraction of sp³-hybridized carbons (Fsp3) is 0.500. The van der Waals surface area contributed by atoms with Gasteiger partial charge in [0.15, 0.2) is 0 Å². The second-order valence-corrected chi connectivity index (χ2v) is 5.22. The zero-order chi connectivity index (χ0) is 13.3. The van der Waals surface area contributed by atoms with Crippen LogP contribution >= 0.6 is 0 Å². The van der Waals surface area contributed by atoms with E-state index < -0.39 is 5.54 Å². The Bertz CT molecular complexity index is 465. The Labute approximate surface area is 108 Å². The SMILES string of the molecule is COc1ccc(NC(=O)C2(N)CC2)cc1C(C)C. The third-order valence-corrected chi connectivity index (χ3v) is 3.35. The minimum Gasteiger partial charge on any atom is -0.496 e. The predicted molar refractivity (Wildman–Crippen MR) is 71.9 cm³/mol. The van der Waals surface area contributed by atoms with Gasteiger partial charge in [-0.3, -0.25) is 4.79 Å². The highest BCUT2D eigenvalue weighted by atomic mass is 16.5. The third-order valence-electron chi connectivity index (χ3n) is 3.35. The first-order chi connectivity index (χ1) is 8.46. The monoisotopic (exact) mass is 248 g/mol. The van der Waals surface area contributed by atoms with Gasteiger partial charge in [-0.1, -0.05) is 13.8 Å². The van der Waals surface area contributed by atoms with Gasteiger partial charge >= 0.3 is 0 Å². The van der Waals surface area contributed by atoms with Gasteiger partial charge in [-0.25, -0.2) is 0 Å². The molecule has 0 aliphatic heterocycles. The quantitative estimate of drug-likeness (QED) is 0.859. The molecule has 1 aliphatic carbocycles. The van der Waals surface area contributed by atoms with Crippen LogP contribution in [0.2, 0.25) is 0 Å². The number of amides is 1. The summed E-state index contributed by atoms with van der Waals surface area (Å²) in [6, 6.07) is 5.67. The lowest BCUT2D eigenvalue weighted by Crippen LogP contribution is -2.37. The molecule has 1 aromatic carbocycles. The van der Waals surface area contributed by atoms with Gasteiger partial charge in [0, 0.05) is 5.69 Å². The lowest BCUT2D eigenvalue weighted by Gasteiger charge is -2.15. The number of nitrogens with two attached hydrogens (primary N) is 1. The standard InChI is InChI=1S/C14H20N2O2/c1-9(2)11-8-10(4-5-12(11)18-3)16-13(17)14(15)6-7-14/h4-5,8-9H,6-7,15H2,1-3H3,(H,16,17). The van der Waals surface area contributed by atoms with Crippen molar-refractivity contribution < 1.29 is 9.53 Å². The molecule has 0 aromatic heterocycles. The van der Waals surface area contributed by atoms with Crippen LogP contribution in [0.1, 0.15) is 38.2 Å². The molecule has 98 valence electrons. The van der Waals surface area contributed by atoms with E-state index in [1.807, 2.05) is 18.2 Å². The second kappa shape index (κ2) is 4.61. The molecule has 4 heteroatoms. The van der Waals surface area contributed by atoms with Crippen molar-refractivity contribution in [3.05, 3.63) is 23.8 Å². The van der Waals surface area contributed by atoms with Gasteiger partial charge in [-0.05, 0) is 42.5 Å². The number of benzene rings is 1. The molecule has 0 spiro atoms. The van der Waals surface area contributed by atoms with Crippen molar-refractivity contribution >= 4 is 11.6 Å². The van der Waals surface area contributed by atoms with Crippen molar-refractivity contribution in [2.75, 3.05) is 12.4 Å². The molecule has 4 nitrogen and oxygen atoms in total. The van der Waals surface area contributed by atoms with E-state index in [1.165, 1.54) is 0 Å². The van der Waals surface area contributed by atoms with Crippen LogP contribution in [0.5, 0.6) is 5.75 Å². The number of hydrogen-bond donors (Lipinski definition) is 2. The van der Waals surface area contributed by atoms with E-state index in [9.17, 15) is 4.79 Å². The van der Waals surface area contributed by atoms with Gasteiger partial charge < -0.3 is 15.8 Å². The average molecular weight is 248 g/mol. The number of ether oxygens (including phenoxy) is 1. The summed E-state index contributed by atoms with van der Waals surface area (Å²) in [5.74, 6) is 1.09. The van der Waals surface area contributed by atoms with Crippen LogP contribution in [0.4, 0.5) is 5.69 Å². The summed E-state index contributed by atoms with van der Waals surface area (Å²) < 4.78 is 5.31. The number of methoxy groups -OCH3 is 1. The first kappa shape index (κ1) is 12.9. The molecule has 0 unspecified atom stereocenters. The molecule has 2 rings (SSSR count). The first-order valence-electron chi connectivity index (χ1n) is 6.24. The van der Waals surface area contributed by atoms with E-state index in [0.29, 0.717) is 5.92 Å². The molecule has 1 fully saturated rings. The van der Waals surface area contributed by atoms with Crippen LogP contribution in [0.25, 0.3) is 0 Å². The molecular formula is C14H20N2O2. The molecule has 3 N–H and O–H groups in total. The van der Waals surface area contributed by atoms with Crippen LogP contribution in [-0.4, -0.2) is 18.6 Å². The highest BCUT2D eigenvalue weighted by molar-refractivity contribution is 6.00. The van der Waals surface area contributed by atoms with Crippen molar-refractivity contribution in [3.63, 3.8) is 0 Å². The highest BCUT2D eigenvalue weighted by Gasteiger charge is 2.45. The molecule has 0 radical (unpaired) electrons. The molecular weight excluding hydrogens is 228 g/mol. The van der Waals surface area contributed by atoms with Crippen LogP contribution in [0.15, 0.2) is 18.2 Å². The molecule has 1 aromatic rings. The van der Waals surface area contributed by atoms with E-state index in [0.717, 1.165) is 29.8 Å². The van der Waals surface area contributed by atoms with Gasteiger partial charge in [0.05, 0.1) is 12.6 Å². The van der Waals surface area contributed by atoms with Crippen LogP contribution < -0.4 is 15.8 Å². The fourth-order valence-electron chi connectivity index (χ4n) is 1.88. The van der Waals surface area contributed by atoms with E-state index in [1.54, 1.807) is 7.11 Å². The van der Waals surface area contributed by atoms with Crippen LogP contribution in [0, 0.1) is 0 Å². The molecule has 0 heterocycles. The summed E-state index contributed by atoms with van der Waals surface area (Å²) in [7, 11) is 1.65. The number of hydrogen-bond acceptors (Lipinski definition) is 3. The van der Waals surface area contributed by atoms with Gasteiger partial charge in [0.25, 0.3) is 0 Å². The first-order valence-corrected chi connectivity index (χ1v) is 6.24. The zero-order valence-electron chi connectivity index (χ0n) is 11.1. The minimum atomic E-state index is -0.641. The number of anilines is 1. The zero-order valence-corrected chi connectivity index (χ0v) is 11.1. The Hall–Kier alpha value is -1.55. The topological polar surface area (TPSA) is 64.3 Å². The molecule has 0 bridgehead atoms. The van der Waals surface area contributed by atoms with Crippen molar-refractivity contribution in [2.45, 2.75) is 38.1 Å². The van der Waals surface area contributed by atoms with Crippen molar-refractivity contribution in [1.82, 2.24) is 0 Å². The molecule has 1 saturated carbocycles. The summed E-state index contributed by atoms with van der Waals surface area (Å²) in [6.45, 7) is 4.18. The lowest BCUT2D eigenvalue weighted by molar-refractivity contribution is -0.118. The maximum atomic E-state index is 11.9. The van der Waals surface area contributed by atoms with Gasteiger partial charge in [0.1, 0.15) is 5.75 Å². The summed E-state index contributed by atoms with van der Waals surface area (Å²) in [5, 5.41) is 2.87. The van der Waals surface area contributed by atoms with Gasteiger partial charge in [-0.15, -0.1) is 0 Å². The van der Waals surface area contributed by atoms with Gasteiger partial charge in [0.2, 0.25) is 5.91 Å². The number of rotatable bonds is 4. The molecule has 18 heavy (non-hydrogen) atoms. The Morgan fingerprint density at radius 3 is 2.61 bits per heavy atom. The average Bonchev–Trinajstić information content (AvgIpc) is 3.08.